The van der Waals surface area contributed by atoms with Gasteiger partial charge in [0.05, 0.1) is 6.20 Å². The Balaban J connectivity index is 0.00000128. The van der Waals surface area contributed by atoms with E-state index in [0.717, 1.165) is 13.1 Å². The van der Waals surface area contributed by atoms with Crippen LogP contribution in [0.4, 0.5) is 10.6 Å². The number of carbonyl (C=O) groups excluding carboxylic acids is 1. The van der Waals surface area contributed by atoms with Gasteiger partial charge in [-0.15, -0.1) is 24.8 Å². The molecule has 8 heteroatoms. The Morgan fingerprint density at radius 2 is 1.94 bits per heavy atom. The monoisotopic (exact) mass is 280 g/mol. The number of hydrogen-bond acceptors (Lipinski definition) is 4. The van der Waals surface area contributed by atoms with Crippen LogP contribution < -0.4 is 15.5 Å². The molecule has 1 aliphatic rings. The summed E-state index contributed by atoms with van der Waals surface area (Å²) in [5.74, 6) is 0.631. The molecule has 1 aromatic heterocycles. The van der Waals surface area contributed by atoms with Gasteiger partial charge in [-0.1, -0.05) is 0 Å². The van der Waals surface area contributed by atoms with Gasteiger partial charge in [-0.25, -0.2) is 9.78 Å². The maximum Gasteiger partial charge on any atom is 0.420 e. The number of hydrogen-bond donors (Lipinski definition) is 2. The molecule has 0 saturated carbocycles. The Morgan fingerprint density at radius 1 is 1.29 bits per heavy atom. The second-order valence-corrected chi connectivity index (χ2v) is 3.57. The first-order valence-corrected chi connectivity index (χ1v) is 4.90. The molecule has 1 aromatic rings. The van der Waals surface area contributed by atoms with Crippen LogP contribution in [-0.4, -0.2) is 42.2 Å². The molecule has 0 atom stereocenters. The van der Waals surface area contributed by atoms with E-state index < -0.39 is 0 Å². The summed E-state index contributed by atoms with van der Waals surface area (Å²) in [6, 6.07) is -0.364. The van der Waals surface area contributed by atoms with Crippen LogP contribution in [-0.2, 0) is 0 Å². The lowest BCUT2D eigenvalue weighted by Crippen LogP contribution is -2.65. The fourth-order valence-electron chi connectivity index (χ4n) is 1.85. The Labute approximate surface area is 112 Å². The van der Waals surface area contributed by atoms with Crippen molar-refractivity contribution in [2.75, 3.05) is 26.2 Å². The van der Waals surface area contributed by atoms with E-state index in [4.69, 9.17) is 5.73 Å². The van der Waals surface area contributed by atoms with E-state index in [1.54, 1.807) is 18.6 Å². The fraction of sp³-hybridized carbons (Fsp3) is 0.444. The van der Waals surface area contributed by atoms with Crippen LogP contribution in [0.3, 0.4) is 0 Å². The quantitative estimate of drug-likeness (QED) is 0.726. The molecular formula is C9H16Cl2N5O+. The summed E-state index contributed by atoms with van der Waals surface area (Å²) >= 11 is 0. The number of aromatic nitrogens is 2. The van der Waals surface area contributed by atoms with Crippen molar-refractivity contribution >= 4 is 36.7 Å². The van der Waals surface area contributed by atoms with Crippen LogP contribution in [0, 0.1) is 0 Å². The summed E-state index contributed by atoms with van der Waals surface area (Å²) in [5, 5.41) is 3.19. The Bertz CT molecular complexity index is 356. The van der Waals surface area contributed by atoms with Crippen LogP contribution in [0.2, 0.25) is 0 Å². The second-order valence-electron chi connectivity index (χ2n) is 3.57. The van der Waals surface area contributed by atoms with Gasteiger partial charge in [0, 0.05) is 19.3 Å². The minimum Gasteiger partial charge on any atom is -0.319 e. The van der Waals surface area contributed by atoms with E-state index in [1.807, 2.05) is 0 Å². The van der Waals surface area contributed by atoms with E-state index in [1.165, 1.54) is 0 Å². The standard InChI is InChI=1S/C9H13N5O.2ClH/c10-9(15)14(5-3-11-4-6-14)8-7-12-1-2-13-8;;/h1-2,7,11H,3-6H2,(H-,10,15);2*1H/p+1. The highest BCUT2D eigenvalue weighted by atomic mass is 35.5. The van der Waals surface area contributed by atoms with Crippen molar-refractivity contribution in [1.82, 2.24) is 19.8 Å². The van der Waals surface area contributed by atoms with E-state index in [2.05, 4.69) is 15.3 Å². The molecule has 3 N–H and O–H groups in total. The molecule has 1 saturated heterocycles. The minimum absolute atomic E-state index is 0. The van der Waals surface area contributed by atoms with Crippen LogP contribution in [0.25, 0.3) is 0 Å². The molecule has 17 heavy (non-hydrogen) atoms. The van der Waals surface area contributed by atoms with Crippen molar-refractivity contribution in [2.24, 2.45) is 5.73 Å². The van der Waals surface area contributed by atoms with E-state index in [9.17, 15) is 4.79 Å². The summed E-state index contributed by atoms with van der Waals surface area (Å²) in [4.78, 5) is 19.7. The molecule has 2 amide bonds. The molecule has 96 valence electrons. The normalized spacial score (nSPS) is 17.4. The highest BCUT2D eigenvalue weighted by molar-refractivity contribution is 5.85. The van der Waals surface area contributed by atoms with Crippen molar-refractivity contribution < 1.29 is 4.79 Å². The van der Waals surface area contributed by atoms with Crippen molar-refractivity contribution in [1.29, 1.82) is 0 Å². The number of quaternary nitrogens is 1. The number of halogens is 2. The lowest BCUT2D eigenvalue weighted by Gasteiger charge is -2.35. The van der Waals surface area contributed by atoms with Gasteiger partial charge in [0.2, 0.25) is 0 Å². The molecule has 2 rings (SSSR count). The van der Waals surface area contributed by atoms with Gasteiger partial charge in [-0.2, -0.15) is 4.48 Å². The van der Waals surface area contributed by atoms with Crippen molar-refractivity contribution in [2.45, 2.75) is 0 Å². The lowest BCUT2D eigenvalue weighted by molar-refractivity contribution is 0.198. The maximum atomic E-state index is 11.6. The van der Waals surface area contributed by atoms with Gasteiger partial charge >= 0.3 is 6.03 Å². The second kappa shape index (κ2) is 6.70. The van der Waals surface area contributed by atoms with Gasteiger partial charge in [0.15, 0.2) is 0 Å². The largest absolute Gasteiger partial charge is 0.420 e. The molecule has 0 unspecified atom stereocenters. The molecule has 0 aliphatic carbocycles. The number of carbonyl (C=O) groups is 1. The number of rotatable bonds is 1. The minimum atomic E-state index is -0.364. The van der Waals surface area contributed by atoms with Crippen molar-refractivity contribution in [3.05, 3.63) is 18.6 Å². The first-order valence-electron chi connectivity index (χ1n) is 4.90. The van der Waals surface area contributed by atoms with Crippen LogP contribution in [0.5, 0.6) is 0 Å². The van der Waals surface area contributed by atoms with E-state index in [0.29, 0.717) is 18.9 Å². The Hall–Kier alpha value is -0.950. The molecule has 1 fully saturated rings. The number of nitrogens with one attached hydrogen (secondary N) is 1. The zero-order valence-electron chi connectivity index (χ0n) is 9.20. The Morgan fingerprint density at radius 3 is 2.41 bits per heavy atom. The van der Waals surface area contributed by atoms with Crippen molar-refractivity contribution in [3.8, 4) is 0 Å². The molecule has 6 nitrogen and oxygen atoms in total. The van der Waals surface area contributed by atoms with Crippen molar-refractivity contribution in [3.63, 3.8) is 0 Å². The summed E-state index contributed by atoms with van der Waals surface area (Å²) in [5.41, 5.74) is 5.47. The zero-order valence-corrected chi connectivity index (χ0v) is 10.8. The summed E-state index contributed by atoms with van der Waals surface area (Å²) < 4.78 is 0.0981. The maximum absolute atomic E-state index is 11.6. The van der Waals surface area contributed by atoms with Gasteiger partial charge in [-0.05, 0) is 0 Å². The average Bonchev–Trinajstić information content (AvgIpc) is 2.31. The number of nitrogens with two attached hydrogens (primary N) is 1. The van der Waals surface area contributed by atoms with E-state index >= 15 is 0 Å². The van der Waals surface area contributed by atoms with Crippen LogP contribution in [0.1, 0.15) is 0 Å². The molecular weight excluding hydrogens is 265 g/mol. The third kappa shape index (κ3) is 3.04. The van der Waals surface area contributed by atoms with Gasteiger partial charge in [-0.3, -0.25) is 4.98 Å². The number of piperazine rings is 1. The zero-order chi connectivity index (χ0) is 10.7. The molecule has 0 aromatic carbocycles. The van der Waals surface area contributed by atoms with Gasteiger partial charge < -0.3 is 11.1 Å². The third-order valence-electron chi connectivity index (χ3n) is 2.75. The van der Waals surface area contributed by atoms with Crippen LogP contribution >= 0.6 is 24.8 Å². The van der Waals surface area contributed by atoms with E-state index in [-0.39, 0.29) is 35.3 Å². The summed E-state index contributed by atoms with van der Waals surface area (Å²) in [6.45, 7) is 2.79. The Kier molecular flexibility index (Phi) is 6.33. The average molecular weight is 281 g/mol. The fourth-order valence-corrected chi connectivity index (χ4v) is 1.85. The summed E-state index contributed by atoms with van der Waals surface area (Å²) in [6.07, 6.45) is 4.78. The highest BCUT2D eigenvalue weighted by Crippen LogP contribution is 2.19. The topological polar surface area (TPSA) is 80.9 Å². The molecule has 0 bridgehead atoms. The molecule has 1 aliphatic heterocycles. The number of primary amides is 1. The molecule has 0 spiro atoms. The van der Waals surface area contributed by atoms with Gasteiger partial charge in [0.25, 0.3) is 5.82 Å². The predicted octanol–water partition coefficient (Wildman–Crippen LogP) is 0.309. The smallest absolute Gasteiger partial charge is 0.319 e. The number of nitrogens with zero attached hydrogens (tertiary/aromatic N) is 3. The van der Waals surface area contributed by atoms with Crippen LogP contribution in [0.15, 0.2) is 18.6 Å². The first kappa shape index (κ1) is 16.1. The molecule has 2 heterocycles. The third-order valence-corrected chi connectivity index (χ3v) is 2.75. The molecule has 0 radical (unpaired) electrons. The first-order chi connectivity index (χ1) is 7.26. The number of amides is 2. The highest BCUT2D eigenvalue weighted by Gasteiger charge is 2.40. The lowest BCUT2D eigenvalue weighted by atomic mass is 10.3. The predicted molar refractivity (Wildman–Crippen MR) is 70.5 cm³/mol. The SMILES string of the molecule is Cl.Cl.NC(=O)[N+]1(c2cnccn2)CCNCC1. The number of urea groups is 1. The van der Waals surface area contributed by atoms with Gasteiger partial charge in [0.1, 0.15) is 19.3 Å². The summed E-state index contributed by atoms with van der Waals surface area (Å²) in [7, 11) is 0.